The van der Waals surface area contributed by atoms with E-state index >= 15 is 0 Å². The van der Waals surface area contributed by atoms with Gasteiger partial charge in [-0.2, -0.15) is 17.5 Å². The second-order valence-electron chi connectivity index (χ2n) is 5.20. The van der Waals surface area contributed by atoms with E-state index in [-0.39, 0.29) is 24.5 Å². The molecule has 1 heterocycles. The van der Waals surface area contributed by atoms with Gasteiger partial charge >= 0.3 is 6.18 Å². The lowest BCUT2D eigenvalue weighted by atomic mass is 10.2. The maximum Gasteiger partial charge on any atom is 0.416 e. The van der Waals surface area contributed by atoms with Gasteiger partial charge in [0.15, 0.2) is 0 Å². The highest BCUT2D eigenvalue weighted by Gasteiger charge is 2.35. The van der Waals surface area contributed by atoms with Crippen LogP contribution in [0.2, 0.25) is 0 Å². The summed E-state index contributed by atoms with van der Waals surface area (Å²) in [6, 6.07) is 2.56. The zero-order valence-electron chi connectivity index (χ0n) is 12.1. The van der Waals surface area contributed by atoms with E-state index in [1.165, 1.54) is 6.92 Å². The Bertz CT molecular complexity index is 688. The average molecular weight is 351 g/mol. The Morgan fingerprint density at radius 3 is 2.22 bits per heavy atom. The van der Waals surface area contributed by atoms with Gasteiger partial charge in [-0.1, -0.05) is 0 Å². The van der Waals surface area contributed by atoms with Crippen molar-refractivity contribution in [2.45, 2.75) is 24.0 Å². The lowest BCUT2D eigenvalue weighted by Gasteiger charge is -2.40. The number of alkyl halides is 3. The van der Waals surface area contributed by atoms with Gasteiger partial charge in [0.05, 0.1) is 10.5 Å². The van der Waals surface area contributed by atoms with Crippen LogP contribution in [-0.2, 0) is 16.2 Å². The quantitative estimate of drug-likeness (QED) is 0.787. The summed E-state index contributed by atoms with van der Waals surface area (Å²) >= 11 is 0. The van der Waals surface area contributed by atoms with Crippen LogP contribution < -0.4 is 5.11 Å². The smallest absolute Gasteiger partial charge is 0.416 e. The highest BCUT2D eigenvalue weighted by molar-refractivity contribution is 7.89. The van der Waals surface area contributed by atoms with Crippen LogP contribution >= 0.6 is 0 Å². The number of carbonyl (C=O) groups is 1. The molecule has 0 aromatic heterocycles. The molecule has 0 N–H and O–H groups in total. The Labute approximate surface area is 131 Å². The van der Waals surface area contributed by atoms with Crippen molar-refractivity contribution in [2.75, 3.05) is 19.6 Å². The molecular weight excluding hydrogens is 337 g/mol. The lowest BCUT2D eigenvalue weighted by Crippen LogP contribution is -2.57. The second kappa shape index (κ2) is 6.00. The van der Waals surface area contributed by atoms with E-state index in [4.69, 9.17) is 0 Å². The van der Waals surface area contributed by atoms with Gasteiger partial charge < -0.3 is 14.8 Å². The molecular formula is C13H14F3N2O4S-. The third kappa shape index (κ3) is 3.58. The summed E-state index contributed by atoms with van der Waals surface area (Å²) in [5.74, 6) is 0. The van der Waals surface area contributed by atoms with Gasteiger partial charge in [-0.05, 0) is 31.2 Å². The number of piperazine rings is 1. The van der Waals surface area contributed by atoms with Crippen LogP contribution in [0.25, 0.3) is 0 Å². The van der Waals surface area contributed by atoms with Crippen molar-refractivity contribution >= 4 is 16.1 Å². The summed E-state index contributed by atoms with van der Waals surface area (Å²) in [6.45, 7) is 1.34. The molecule has 2 rings (SSSR count). The molecule has 1 aliphatic heterocycles. The van der Waals surface area contributed by atoms with E-state index in [1.54, 1.807) is 0 Å². The molecule has 1 saturated heterocycles. The van der Waals surface area contributed by atoms with E-state index in [0.717, 1.165) is 21.3 Å². The third-order valence-corrected chi connectivity index (χ3v) is 5.64. The predicted molar refractivity (Wildman–Crippen MR) is 71.8 cm³/mol. The summed E-state index contributed by atoms with van der Waals surface area (Å²) in [6.07, 6.45) is -5.93. The van der Waals surface area contributed by atoms with Crippen LogP contribution in [0.3, 0.4) is 0 Å². The van der Waals surface area contributed by atoms with Crippen molar-refractivity contribution in [3.8, 4) is 0 Å². The van der Waals surface area contributed by atoms with Gasteiger partial charge in [0, 0.05) is 25.7 Å². The maximum atomic E-state index is 12.5. The van der Waals surface area contributed by atoms with E-state index < -0.39 is 33.9 Å². The SMILES string of the molecule is C[C@H]1CN(C(=O)[O-])CCN1S(=O)(=O)c1ccc(C(F)(F)F)cc1. The molecule has 23 heavy (non-hydrogen) atoms. The standard InChI is InChI=1S/C13H15F3N2O4S/c1-9-8-17(12(19)20)6-7-18(9)23(21,22)11-4-2-10(3-5-11)13(14,15)16/h2-5,9H,6-8H2,1H3,(H,19,20)/p-1/t9-/m0/s1. The first kappa shape index (κ1) is 17.5. The number of hydrogen-bond donors (Lipinski definition) is 0. The first-order chi connectivity index (χ1) is 10.5. The van der Waals surface area contributed by atoms with E-state index in [9.17, 15) is 31.5 Å². The number of carboxylic acid groups (broad SMARTS) is 1. The minimum Gasteiger partial charge on any atom is -0.530 e. The highest BCUT2D eigenvalue weighted by atomic mass is 32.2. The highest BCUT2D eigenvalue weighted by Crippen LogP contribution is 2.30. The maximum absolute atomic E-state index is 12.5. The van der Waals surface area contributed by atoms with E-state index in [1.807, 2.05) is 0 Å². The largest absolute Gasteiger partial charge is 0.530 e. The molecule has 0 radical (unpaired) electrons. The monoisotopic (exact) mass is 351 g/mol. The molecule has 0 spiro atoms. The molecule has 128 valence electrons. The van der Waals surface area contributed by atoms with Gasteiger partial charge in [-0.25, -0.2) is 8.42 Å². The molecule has 0 aliphatic carbocycles. The summed E-state index contributed by atoms with van der Waals surface area (Å²) in [7, 11) is -4.00. The van der Waals surface area contributed by atoms with Crippen molar-refractivity contribution in [1.82, 2.24) is 9.21 Å². The van der Waals surface area contributed by atoms with E-state index in [2.05, 4.69) is 0 Å². The Morgan fingerprint density at radius 2 is 1.78 bits per heavy atom. The minimum absolute atomic E-state index is 0.0491. The summed E-state index contributed by atoms with van der Waals surface area (Å²) < 4.78 is 63.6. The van der Waals surface area contributed by atoms with Crippen molar-refractivity contribution < 1.29 is 31.5 Å². The number of sulfonamides is 1. The first-order valence-corrected chi connectivity index (χ1v) is 8.12. The minimum atomic E-state index is -4.55. The van der Waals surface area contributed by atoms with E-state index in [0.29, 0.717) is 12.1 Å². The van der Waals surface area contributed by atoms with Crippen LogP contribution in [0.1, 0.15) is 12.5 Å². The first-order valence-electron chi connectivity index (χ1n) is 6.68. The van der Waals surface area contributed by atoms with Crippen molar-refractivity contribution in [1.29, 1.82) is 0 Å². The number of carbonyl (C=O) groups excluding carboxylic acids is 1. The molecule has 1 aromatic rings. The zero-order valence-corrected chi connectivity index (χ0v) is 12.9. The molecule has 6 nitrogen and oxygen atoms in total. The Balaban J connectivity index is 2.23. The second-order valence-corrected chi connectivity index (χ2v) is 7.09. The number of amides is 1. The Morgan fingerprint density at radius 1 is 1.22 bits per heavy atom. The van der Waals surface area contributed by atoms with Crippen LogP contribution in [0.4, 0.5) is 18.0 Å². The Hall–Kier alpha value is -1.81. The molecule has 1 amide bonds. The molecule has 1 fully saturated rings. The molecule has 0 saturated carbocycles. The number of halogens is 3. The Kier molecular flexibility index (Phi) is 4.58. The lowest BCUT2D eigenvalue weighted by molar-refractivity contribution is -0.267. The topological polar surface area (TPSA) is 80.8 Å². The number of hydrogen-bond acceptors (Lipinski definition) is 4. The van der Waals surface area contributed by atoms with Crippen LogP contribution in [-0.4, -0.2) is 49.4 Å². The van der Waals surface area contributed by atoms with Crippen LogP contribution in [0, 0.1) is 0 Å². The number of rotatable bonds is 2. The fourth-order valence-electron chi connectivity index (χ4n) is 2.42. The number of benzene rings is 1. The van der Waals surface area contributed by atoms with Crippen molar-refractivity contribution in [3.05, 3.63) is 29.8 Å². The molecule has 10 heteroatoms. The molecule has 1 aromatic carbocycles. The zero-order chi connectivity index (χ0) is 17.4. The van der Waals surface area contributed by atoms with Crippen LogP contribution in [0.15, 0.2) is 29.2 Å². The molecule has 0 bridgehead atoms. The van der Waals surface area contributed by atoms with Gasteiger partial charge in [-0.3, -0.25) is 0 Å². The molecule has 0 unspecified atom stereocenters. The average Bonchev–Trinajstić information content (AvgIpc) is 2.46. The summed E-state index contributed by atoms with van der Waals surface area (Å²) in [4.78, 5) is 11.5. The van der Waals surface area contributed by atoms with Gasteiger partial charge in [0.25, 0.3) is 0 Å². The number of nitrogens with zero attached hydrogens (tertiary/aromatic N) is 2. The normalized spacial score (nSPS) is 20.5. The summed E-state index contributed by atoms with van der Waals surface area (Å²) in [5.41, 5.74) is -0.939. The van der Waals surface area contributed by atoms with Gasteiger partial charge in [-0.15, -0.1) is 0 Å². The predicted octanol–water partition coefficient (Wildman–Crippen LogP) is 0.744. The van der Waals surface area contributed by atoms with Gasteiger partial charge in [0.1, 0.15) is 6.09 Å². The van der Waals surface area contributed by atoms with Crippen LogP contribution in [0.5, 0.6) is 0 Å². The molecule has 1 atom stereocenters. The molecule has 1 aliphatic rings. The fourth-order valence-corrected chi connectivity index (χ4v) is 4.03. The van der Waals surface area contributed by atoms with Crippen molar-refractivity contribution in [2.24, 2.45) is 0 Å². The third-order valence-electron chi connectivity index (χ3n) is 3.61. The van der Waals surface area contributed by atoms with Gasteiger partial charge in [0.2, 0.25) is 10.0 Å². The summed E-state index contributed by atoms with van der Waals surface area (Å²) in [5, 5.41) is 10.8. The fraction of sp³-hybridized carbons (Fsp3) is 0.462. The van der Waals surface area contributed by atoms with Crippen molar-refractivity contribution in [3.63, 3.8) is 0 Å².